The molecule has 2 aromatic rings. The van der Waals surface area contributed by atoms with E-state index in [-0.39, 0.29) is 11.5 Å². The van der Waals surface area contributed by atoms with E-state index >= 15 is 0 Å². The lowest BCUT2D eigenvalue weighted by Crippen LogP contribution is -2.35. The van der Waals surface area contributed by atoms with Crippen molar-refractivity contribution < 1.29 is 0 Å². The Kier molecular flexibility index (Phi) is 4.69. The Labute approximate surface area is 145 Å². The predicted molar refractivity (Wildman–Crippen MR) is 95.6 cm³/mol. The fraction of sp³-hybridized carbons (Fsp3) is 0.444. The van der Waals surface area contributed by atoms with E-state index in [9.17, 15) is 4.79 Å². The van der Waals surface area contributed by atoms with Gasteiger partial charge in [0.15, 0.2) is 0 Å². The van der Waals surface area contributed by atoms with Crippen LogP contribution in [0.3, 0.4) is 0 Å². The Morgan fingerprint density at radius 3 is 2.87 bits per heavy atom. The summed E-state index contributed by atoms with van der Waals surface area (Å²) in [6, 6.07) is 6.45. The number of nitrogens with one attached hydrogen (secondary N) is 1. The molecule has 3 rings (SSSR count). The highest BCUT2D eigenvalue weighted by atomic mass is 79.9. The van der Waals surface area contributed by atoms with E-state index in [0.717, 1.165) is 47.6 Å². The lowest BCUT2D eigenvalue weighted by Gasteiger charge is -2.28. The molecule has 1 aromatic heterocycles. The van der Waals surface area contributed by atoms with Crippen LogP contribution in [-0.2, 0) is 19.5 Å². The van der Waals surface area contributed by atoms with Crippen molar-refractivity contribution in [1.29, 1.82) is 0 Å². The Morgan fingerprint density at radius 1 is 1.39 bits per heavy atom. The minimum atomic E-state index is 0.0369. The van der Waals surface area contributed by atoms with Gasteiger partial charge in [0.1, 0.15) is 5.82 Å². The molecule has 0 fully saturated rings. The van der Waals surface area contributed by atoms with Crippen LogP contribution >= 0.6 is 15.9 Å². The Morgan fingerprint density at radius 2 is 2.17 bits per heavy atom. The number of aryl methyl sites for hydroxylation is 1. The van der Waals surface area contributed by atoms with Crippen LogP contribution in [0.25, 0.3) is 0 Å². The summed E-state index contributed by atoms with van der Waals surface area (Å²) in [5, 5.41) is 0. The number of benzene rings is 1. The van der Waals surface area contributed by atoms with Gasteiger partial charge in [-0.3, -0.25) is 9.69 Å². The lowest BCUT2D eigenvalue weighted by atomic mass is 10.0. The number of hydrogen-bond donors (Lipinski definition) is 1. The molecule has 0 saturated carbocycles. The van der Waals surface area contributed by atoms with Crippen LogP contribution in [0.2, 0.25) is 0 Å². The van der Waals surface area contributed by atoms with E-state index < -0.39 is 0 Å². The Bertz CT molecular complexity index is 782. The summed E-state index contributed by atoms with van der Waals surface area (Å²) in [4.78, 5) is 22.2. The second kappa shape index (κ2) is 6.57. The second-order valence-electron chi connectivity index (χ2n) is 6.59. The molecule has 1 aliphatic rings. The number of fused-ring (bicyclic) bond motifs is 1. The van der Waals surface area contributed by atoms with Gasteiger partial charge in [-0.2, -0.15) is 0 Å². The molecule has 4 nitrogen and oxygen atoms in total. The highest BCUT2D eigenvalue weighted by Crippen LogP contribution is 2.23. The van der Waals surface area contributed by atoms with Gasteiger partial charge in [0.05, 0.1) is 5.69 Å². The molecule has 1 aromatic carbocycles. The molecule has 0 spiro atoms. The maximum atomic E-state index is 12.2. The number of H-pyrrole nitrogens is 1. The van der Waals surface area contributed by atoms with Crippen LogP contribution in [-0.4, -0.2) is 21.4 Å². The predicted octanol–water partition coefficient (Wildman–Crippen LogP) is 3.52. The second-order valence-corrected chi connectivity index (χ2v) is 7.44. The van der Waals surface area contributed by atoms with Gasteiger partial charge in [-0.15, -0.1) is 0 Å². The van der Waals surface area contributed by atoms with Crippen LogP contribution in [0.4, 0.5) is 0 Å². The standard InChI is InChI=1S/C18H22BrN3O/c1-11(2)17-20-16-10-22(7-6-14(16)18(23)21-17)9-13-5-4-12(3)8-15(13)19/h4-5,8,11H,6-7,9-10H2,1-3H3,(H,20,21,23). The highest BCUT2D eigenvalue weighted by molar-refractivity contribution is 9.10. The maximum Gasteiger partial charge on any atom is 0.254 e. The summed E-state index contributed by atoms with van der Waals surface area (Å²) in [5.41, 5.74) is 4.35. The first-order chi connectivity index (χ1) is 10.9. The van der Waals surface area contributed by atoms with Crippen LogP contribution in [0.1, 0.15) is 48.0 Å². The minimum Gasteiger partial charge on any atom is -0.310 e. The van der Waals surface area contributed by atoms with E-state index in [0.29, 0.717) is 0 Å². The van der Waals surface area contributed by atoms with Gasteiger partial charge >= 0.3 is 0 Å². The first-order valence-electron chi connectivity index (χ1n) is 8.03. The number of halogens is 1. The first kappa shape index (κ1) is 16.4. The molecule has 0 radical (unpaired) electrons. The minimum absolute atomic E-state index is 0.0369. The van der Waals surface area contributed by atoms with Crippen molar-refractivity contribution in [2.75, 3.05) is 6.54 Å². The van der Waals surface area contributed by atoms with Gasteiger partial charge in [0.25, 0.3) is 5.56 Å². The van der Waals surface area contributed by atoms with Crippen molar-refractivity contribution in [3.05, 3.63) is 61.2 Å². The smallest absolute Gasteiger partial charge is 0.254 e. The van der Waals surface area contributed by atoms with Gasteiger partial charge in [0.2, 0.25) is 0 Å². The molecule has 1 N–H and O–H groups in total. The van der Waals surface area contributed by atoms with Crippen LogP contribution < -0.4 is 5.56 Å². The molecule has 0 saturated heterocycles. The number of hydrogen-bond acceptors (Lipinski definition) is 3. The van der Waals surface area contributed by atoms with Gasteiger partial charge in [-0.05, 0) is 30.5 Å². The SMILES string of the molecule is Cc1ccc(CN2CCc3c(nc(C(C)C)[nH]c3=O)C2)c(Br)c1. The van der Waals surface area contributed by atoms with E-state index in [2.05, 4.69) is 64.8 Å². The summed E-state index contributed by atoms with van der Waals surface area (Å²) in [6.07, 6.45) is 0.763. The van der Waals surface area contributed by atoms with Crippen LogP contribution in [0, 0.1) is 6.92 Å². The van der Waals surface area contributed by atoms with Crippen molar-refractivity contribution >= 4 is 15.9 Å². The molecule has 0 aliphatic carbocycles. The average Bonchev–Trinajstić information content (AvgIpc) is 2.49. The zero-order valence-corrected chi connectivity index (χ0v) is 15.4. The topological polar surface area (TPSA) is 49.0 Å². The summed E-state index contributed by atoms with van der Waals surface area (Å²) in [6.45, 7) is 8.68. The fourth-order valence-electron chi connectivity index (χ4n) is 2.94. The van der Waals surface area contributed by atoms with Gasteiger partial charge in [-0.1, -0.05) is 41.9 Å². The molecule has 0 atom stereocenters. The molecule has 0 bridgehead atoms. The third kappa shape index (κ3) is 3.56. The Hall–Kier alpha value is -1.46. The molecule has 122 valence electrons. The summed E-state index contributed by atoms with van der Waals surface area (Å²) in [5.74, 6) is 1.02. The lowest BCUT2D eigenvalue weighted by molar-refractivity contribution is 0.239. The average molecular weight is 376 g/mol. The van der Waals surface area contributed by atoms with Gasteiger partial charge in [-0.25, -0.2) is 4.98 Å². The van der Waals surface area contributed by atoms with Crippen molar-refractivity contribution in [1.82, 2.24) is 14.9 Å². The molecule has 1 aliphatic heterocycles. The van der Waals surface area contributed by atoms with Crippen LogP contribution in [0.5, 0.6) is 0 Å². The zero-order valence-electron chi connectivity index (χ0n) is 13.8. The molecule has 5 heteroatoms. The Balaban J connectivity index is 1.83. The van der Waals surface area contributed by atoms with Crippen molar-refractivity contribution in [3.8, 4) is 0 Å². The molecular formula is C18H22BrN3O. The largest absolute Gasteiger partial charge is 0.310 e. The maximum absolute atomic E-state index is 12.2. The number of nitrogens with zero attached hydrogens (tertiary/aromatic N) is 2. The monoisotopic (exact) mass is 375 g/mol. The van der Waals surface area contributed by atoms with Crippen molar-refractivity contribution in [3.63, 3.8) is 0 Å². The van der Waals surface area contributed by atoms with E-state index in [4.69, 9.17) is 4.98 Å². The molecule has 2 heterocycles. The summed E-state index contributed by atoms with van der Waals surface area (Å²) >= 11 is 3.65. The zero-order chi connectivity index (χ0) is 16.6. The first-order valence-corrected chi connectivity index (χ1v) is 8.82. The quantitative estimate of drug-likeness (QED) is 0.892. The normalized spacial score (nSPS) is 15.0. The summed E-state index contributed by atoms with van der Waals surface area (Å²) < 4.78 is 1.14. The molecule has 0 unspecified atom stereocenters. The fourth-order valence-corrected chi connectivity index (χ4v) is 3.56. The van der Waals surface area contributed by atoms with Crippen LogP contribution in [0.15, 0.2) is 27.5 Å². The van der Waals surface area contributed by atoms with E-state index in [1.54, 1.807) is 0 Å². The number of rotatable bonds is 3. The van der Waals surface area contributed by atoms with E-state index in [1.165, 1.54) is 11.1 Å². The highest BCUT2D eigenvalue weighted by Gasteiger charge is 2.22. The molecule has 23 heavy (non-hydrogen) atoms. The van der Waals surface area contributed by atoms with Gasteiger partial charge < -0.3 is 4.98 Å². The molecular weight excluding hydrogens is 354 g/mol. The molecule has 0 amide bonds. The van der Waals surface area contributed by atoms with Crippen molar-refractivity contribution in [2.45, 2.75) is 46.2 Å². The van der Waals surface area contributed by atoms with Gasteiger partial charge in [0, 0.05) is 35.6 Å². The third-order valence-corrected chi connectivity index (χ3v) is 5.06. The summed E-state index contributed by atoms with van der Waals surface area (Å²) in [7, 11) is 0. The number of aromatic amines is 1. The third-order valence-electron chi connectivity index (χ3n) is 4.32. The van der Waals surface area contributed by atoms with Crippen molar-refractivity contribution in [2.24, 2.45) is 0 Å². The number of aromatic nitrogens is 2. The van der Waals surface area contributed by atoms with E-state index in [1.807, 2.05) is 0 Å².